The Morgan fingerprint density at radius 3 is 2.61 bits per heavy atom. The zero-order valence-corrected chi connectivity index (χ0v) is 14.0. The first-order valence-corrected chi connectivity index (χ1v) is 8.14. The van der Waals surface area contributed by atoms with E-state index in [2.05, 4.69) is 22.5 Å². The molecule has 5 heteroatoms. The molecule has 2 heterocycles. The van der Waals surface area contributed by atoms with Crippen LogP contribution in [0.25, 0.3) is 11.4 Å². The van der Waals surface area contributed by atoms with Crippen LogP contribution in [-0.2, 0) is 0 Å². The third-order valence-electron chi connectivity index (χ3n) is 4.38. The quantitative estimate of drug-likeness (QED) is 0.909. The number of rotatable bonds is 4. The SMILES string of the molecule is COc1ccc(-c2nc(C)c(C)c(NC3CCCNC3)n2)cc1. The number of nitrogens with one attached hydrogen (secondary N) is 2. The highest BCUT2D eigenvalue weighted by Gasteiger charge is 2.16. The van der Waals surface area contributed by atoms with Gasteiger partial charge in [0.1, 0.15) is 11.6 Å². The van der Waals surface area contributed by atoms with E-state index >= 15 is 0 Å². The third-order valence-corrected chi connectivity index (χ3v) is 4.38. The maximum absolute atomic E-state index is 5.21. The van der Waals surface area contributed by atoms with Crippen LogP contribution in [0.5, 0.6) is 5.75 Å². The Morgan fingerprint density at radius 2 is 1.96 bits per heavy atom. The lowest BCUT2D eigenvalue weighted by Crippen LogP contribution is -2.38. The second kappa shape index (κ2) is 6.96. The van der Waals surface area contributed by atoms with Crippen LogP contribution in [0, 0.1) is 13.8 Å². The van der Waals surface area contributed by atoms with Crippen LogP contribution in [0.3, 0.4) is 0 Å². The molecule has 2 aromatic rings. The molecule has 0 spiro atoms. The van der Waals surface area contributed by atoms with Gasteiger partial charge in [-0.05, 0) is 57.5 Å². The lowest BCUT2D eigenvalue weighted by atomic mass is 10.1. The summed E-state index contributed by atoms with van der Waals surface area (Å²) >= 11 is 0. The summed E-state index contributed by atoms with van der Waals surface area (Å²) in [5.74, 6) is 2.53. The molecule has 1 saturated heterocycles. The van der Waals surface area contributed by atoms with Crippen molar-refractivity contribution in [2.45, 2.75) is 32.7 Å². The zero-order chi connectivity index (χ0) is 16.2. The summed E-state index contributed by atoms with van der Waals surface area (Å²) in [5, 5.41) is 7.01. The Bertz CT molecular complexity index is 663. The fraction of sp³-hybridized carbons (Fsp3) is 0.444. The molecule has 122 valence electrons. The molecule has 0 saturated carbocycles. The molecule has 2 N–H and O–H groups in total. The van der Waals surface area contributed by atoms with Gasteiger partial charge in [-0.25, -0.2) is 9.97 Å². The van der Waals surface area contributed by atoms with Crippen molar-refractivity contribution in [3.63, 3.8) is 0 Å². The normalized spacial score (nSPS) is 17.8. The van der Waals surface area contributed by atoms with Crippen molar-refractivity contribution in [3.8, 4) is 17.1 Å². The van der Waals surface area contributed by atoms with Crippen molar-refractivity contribution in [1.29, 1.82) is 0 Å². The molecular weight excluding hydrogens is 288 g/mol. The van der Waals surface area contributed by atoms with Gasteiger partial charge in [-0.15, -0.1) is 0 Å². The molecule has 23 heavy (non-hydrogen) atoms. The molecule has 5 nitrogen and oxygen atoms in total. The van der Waals surface area contributed by atoms with Crippen LogP contribution >= 0.6 is 0 Å². The van der Waals surface area contributed by atoms with Crippen LogP contribution in [-0.4, -0.2) is 36.2 Å². The van der Waals surface area contributed by atoms with E-state index in [0.29, 0.717) is 6.04 Å². The topological polar surface area (TPSA) is 59.1 Å². The van der Waals surface area contributed by atoms with E-state index in [1.165, 1.54) is 12.8 Å². The monoisotopic (exact) mass is 312 g/mol. The average Bonchev–Trinajstić information content (AvgIpc) is 2.60. The average molecular weight is 312 g/mol. The Labute approximate surface area is 137 Å². The van der Waals surface area contributed by atoms with Crippen LogP contribution in [0.15, 0.2) is 24.3 Å². The van der Waals surface area contributed by atoms with E-state index < -0.39 is 0 Å². The summed E-state index contributed by atoms with van der Waals surface area (Å²) in [7, 11) is 1.67. The predicted octanol–water partition coefficient (Wildman–Crippen LogP) is 2.93. The minimum Gasteiger partial charge on any atom is -0.497 e. The van der Waals surface area contributed by atoms with Crippen LogP contribution in [0.2, 0.25) is 0 Å². The maximum atomic E-state index is 5.21. The van der Waals surface area contributed by atoms with Gasteiger partial charge >= 0.3 is 0 Å². The van der Waals surface area contributed by atoms with Gasteiger partial charge in [0.05, 0.1) is 7.11 Å². The fourth-order valence-electron chi connectivity index (χ4n) is 2.81. The van der Waals surface area contributed by atoms with Crippen molar-refractivity contribution in [2.75, 3.05) is 25.5 Å². The molecule has 0 amide bonds. The number of hydrogen-bond donors (Lipinski definition) is 2. The summed E-state index contributed by atoms with van der Waals surface area (Å²) < 4.78 is 5.21. The van der Waals surface area contributed by atoms with Crippen molar-refractivity contribution in [3.05, 3.63) is 35.5 Å². The molecule has 1 atom stereocenters. The van der Waals surface area contributed by atoms with Gasteiger partial charge in [0.2, 0.25) is 0 Å². The fourth-order valence-corrected chi connectivity index (χ4v) is 2.81. The number of methoxy groups -OCH3 is 1. The Morgan fingerprint density at radius 1 is 1.17 bits per heavy atom. The summed E-state index contributed by atoms with van der Waals surface area (Å²) in [5.41, 5.74) is 3.13. The molecule has 0 bridgehead atoms. The highest BCUT2D eigenvalue weighted by molar-refractivity contribution is 5.60. The first-order chi connectivity index (χ1) is 11.2. The molecule has 1 aromatic heterocycles. The summed E-state index contributed by atoms with van der Waals surface area (Å²) in [6, 6.07) is 8.29. The van der Waals surface area contributed by atoms with E-state index in [1.54, 1.807) is 7.11 Å². The van der Waals surface area contributed by atoms with Crippen LogP contribution < -0.4 is 15.4 Å². The number of hydrogen-bond acceptors (Lipinski definition) is 5. The number of aryl methyl sites for hydroxylation is 1. The van der Waals surface area contributed by atoms with E-state index in [9.17, 15) is 0 Å². The number of benzene rings is 1. The maximum Gasteiger partial charge on any atom is 0.161 e. The minimum atomic E-state index is 0.431. The van der Waals surface area contributed by atoms with E-state index in [0.717, 1.165) is 47.3 Å². The van der Waals surface area contributed by atoms with Crippen LogP contribution in [0.4, 0.5) is 5.82 Å². The molecule has 1 aliphatic heterocycles. The number of anilines is 1. The first-order valence-electron chi connectivity index (χ1n) is 8.14. The van der Waals surface area contributed by atoms with Crippen LogP contribution in [0.1, 0.15) is 24.1 Å². The van der Waals surface area contributed by atoms with E-state index in [-0.39, 0.29) is 0 Å². The van der Waals surface area contributed by atoms with Gasteiger partial charge < -0.3 is 15.4 Å². The van der Waals surface area contributed by atoms with Crippen molar-refractivity contribution in [1.82, 2.24) is 15.3 Å². The predicted molar refractivity (Wildman–Crippen MR) is 93.0 cm³/mol. The Balaban J connectivity index is 1.88. The molecule has 1 fully saturated rings. The van der Waals surface area contributed by atoms with Crippen molar-refractivity contribution in [2.24, 2.45) is 0 Å². The number of piperidine rings is 1. The molecule has 1 aromatic carbocycles. The third kappa shape index (κ3) is 3.62. The van der Waals surface area contributed by atoms with Crippen molar-refractivity contribution < 1.29 is 4.74 Å². The van der Waals surface area contributed by atoms with E-state index in [1.807, 2.05) is 31.2 Å². The number of aromatic nitrogens is 2. The minimum absolute atomic E-state index is 0.431. The number of nitrogens with zero attached hydrogens (tertiary/aromatic N) is 2. The van der Waals surface area contributed by atoms with Gasteiger partial charge in [-0.3, -0.25) is 0 Å². The zero-order valence-electron chi connectivity index (χ0n) is 14.0. The van der Waals surface area contributed by atoms with Gasteiger partial charge in [0, 0.05) is 29.4 Å². The number of ether oxygens (including phenoxy) is 1. The Kier molecular flexibility index (Phi) is 4.76. The summed E-state index contributed by atoms with van der Waals surface area (Å²) in [4.78, 5) is 9.41. The standard InChI is InChI=1S/C18H24N4O/c1-12-13(2)20-18(14-6-8-16(23-3)9-7-14)22-17(12)21-15-5-4-10-19-11-15/h6-9,15,19H,4-5,10-11H2,1-3H3,(H,20,21,22). The summed E-state index contributed by atoms with van der Waals surface area (Å²) in [6.45, 7) is 6.21. The lowest BCUT2D eigenvalue weighted by Gasteiger charge is -2.25. The van der Waals surface area contributed by atoms with Gasteiger partial charge in [0.15, 0.2) is 5.82 Å². The van der Waals surface area contributed by atoms with Crippen molar-refractivity contribution >= 4 is 5.82 Å². The summed E-state index contributed by atoms with van der Waals surface area (Å²) in [6.07, 6.45) is 2.37. The molecule has 3 rings (SSSR count). The smallest absolute Gasteiger partial charge is 0.161 e. The Hall–Kier alpha value is -2.14. The molecule has 0 radical (unpaired) electrons. The second-order valence-electron chi connectivity index (χ2n) is 6.02. The molecule has 1 unspecified atom stereocenters. The van der Waals surface area contributed by atoms with Gasteiger partial charge in [0.25, 0.3) is 0 Å². The lowest BCUT2D eigenvalue weighted by molar-refractivity contribution is 0.415. The highest BCUT2D eigenvalue weighted by Crippen LogP contribution is 2.24. The highest BCUT2D eigenvalue weighted by atomic mass is 16.5. The largest absolute Gasteiger partial charge is 0.497 e. The molecular formula is C18H24N4O. The van der Waals surface area contributed by atoms with Gasteiger partial charge in [-0.1, -0.05) is 0 Å². The molecule has 1 aliphatic rings. The van der Waals surface area contributed by atoms with Gasteiger partial charge in [-0.2, -0.15) is 0 Å². The second-order valence-corrected chi connectivity index (χ2v) is 6.02. The van der Waals surface area contributed by atoms with E-state index in [4.69, 9.17) is 9.72 Å². The first kappa shape index (κ1) is 15.7. The molecule has 0 aliphatic carbocycles.